The van der Waals surface area contributed by atoms with Crippen LogP contribution in [0.5, 0.6) is 5.75 Å². The van der Waals surface area contributed by atoms with Gasteiger partial charge in [0.25, 0.3) is 5.91 Å². The number of hydrogen-bond acceptors (Lipinski definition) is 4. The number of halogens is 2. The summed E-state index contributed by atoms with van der Waals surface area (Å²) < 4.78 is 24.0. The molecule has 20 heavy (non-hydrogen) atoms. The lowest BCUT2D eigenvalue weighted by atomic mass is 10.1. The average molecular weight is 347 g/mol. The van der Waals surface area contributed by atoms with Gasteiger partial charge in [-0.25, -0.2) is 4.39 Å². The molecule has 1 heterocycles. The van der Waals surface area contributed by atoms with Crippen LogP contribution >= 0.6 is 15.9 Å². The van der Waals surface area contributed by atoms with E-state index in [1.54, 1.807) is 0 Å². The van der Waals surface area contributed by atoms with Crippen LogP contribution in [0.15, 0.2) is 16.6 Å². The number of rotatable bonds is 4. The number of hydrogen-bond donors (Lipinski definition) is 2. The first-order chi connectivity index (χ1) is 9.56. The van der Waals surface area contributed by atoms with E-state index in [1.807, 2.05) is 0 Å². The second kappa shape index (κ2) is 6.90. The van der Waals surface area contributed by atoms with Crippen LogP contribution in [-0.4, -0.2) is 31.8 Å². The molecule has 1 aliphatic heterocycles. The molecule has 1 saturated heterocycles. The number of nitrogens with one attached hydrogen (secondary N) is 1. The van der Waals surface area contributed by atoms with Gasteiger partial charge in [0.2, 0.25) is 0 Å². The van der Waals surface area contributed by atoms with Gasteiger partial charge in [-0.1, -0.05) is 0 Å². The molecule has 1 aromatic carbocycles. The van der Waals surface area contributed by atoms with Crippen LogP contribution in [0.3, 0.4) is 0 Å². The zero-order chi connectivity index (χ0) is 14.5. The van der Waals surface area contributed by atoms with Crippen molar-refractivity contribution in [3.8, 4) is 5.75 Å². The smallest absolute Gasteiger partial charge is 0.258 e. The zero-order valence-electron chi connectivity index (χ0n) is 10.8. The maximum Gasteiger partial charge on any atom is 0.258 e. The minimum atomic E-state index is -0.464. The van der Waals surface area contributed by atoms with Crippen molar-refractivity contribution in [2.75, 3.05) is 25.6 Å². The SMILES string of the molecule is Nc1cc(F)cc(Br)c1OCC(=O)NC1CCOCC1. The summed E-state index contributed by atoms with van der Waals surface area (Å²) in [6, 6.07) is 2.51. The minimum absolute atomic E-state index is 0.119. The summed E-state index contributed by atoms with van der Waals surface area (Å²) in [7, 11) is 0. The van der Waals surface area contributed by atoms with Crippen molar-refractivity contribution >= 4 is 27.5 Å². The Morgan fingerprint density at radius 2 is 2.20 bits per heavy atom. The maximum absolute atomic E-state index is 13.1. The Labute approximate surface area is 124 Å². The van der Waals surface area contributed by atoms with Crippen LogP contribution in [0, 0.1) is 5.82 Å². The van der Waals surface area contributed by atoms with Gasteiger partial charge in [0.15, 0.2) is 12.4 Å². The molecule has 1 aliphatic rings. The molecule has 0 aliphatic carbocycles. The minimum Gasteiger partial charge on any atom is -0.480 e. The van der Waals surface area contributed by atoms with Crippen molar-refractivity contribution in [3.05, 3.63) is 22.4 Å². The molecular weight excluding hydrogens is 331 g/mol. The highest BCUT2D eigenvalue weighted by Crippen LogP contribution is 2.32. The van der Waals surface area contributed by atoms with Crippen LogP contribution in [0.4, 0.5) is 10.1 Å². The Bertz CT molecular complexity index is 469. The number of benzene rings is 1. The summed E-state index contributed by atoms with van der Waals surface area (Å²) in [4.78, 5) is 11.8. The quantitative estimate of drug-likeness (QED) is 0.816. The molecule has 1 fully saturated rings. The third-order valence-corrected chi connectivity index (χ3v) is 3.56. The second-order valence-electron chi connectivity index (χ2n) is 4.55. The highest BCUT2D eigenvalue weighted by molar-refractivity contribution is 9.10. The van der Waals surface area contributed by atoms with Gasteiger partial charge in [-0.2, -0.15) is 0 Å². The Morgan fingerprint density at radius 1 is 1.50 bits per heavy atom. The first kappa shape index (κ1) is 15.1. The van der Waals surface area contributed by atoms with E-state index in [1.165, 1.54) is 6.07 Å². The van der Waals surface area contributed by atoms with Gasteiger partial charge in [0.05, 0.1) is 10.2 Å². The largest absolute Gasteiger partial charge is 0.480 e. The van der Waals surface area contributed by atoms with Gasteiger partial charge in [-0.15, -0.1) is 0 Å². The summed E-state index contributed by atoms with van der Waals surface area (Å²) in [6.45, 7) is 1.15. The highest BCUT2D eigenvalue weighted by atomic mass is 79.9. The van der Waals surface area contributed by atoms with E-state index in [0.29, 0.717) is 17.7 Å². The Balaban J connectivity index is 1.87. The molecule has 1 amide bonds. The number of carbonyl (C=O) groups is 1. The normalized spacial score (nSPS) is 15.9. The monoisotopic (exact) mass is 346 g/mol. The Morgan fingerprint density at radius 3 is 2.85 bits per heavy atom. The number of anilines is 1. The fourth-order valence-electron chi connectivity index (χ4n) is 1.98. The van der Waals surface area contributed by atoms with Crippen LogP contribution in [0.25, 0.3) is 0 Å². The molecule has 0 radical (unpaired) electrons. The number of carbonyl (C=O) groups excluding carboxylic acids is 1. The molecule has 0 unspecified atom stereocenters. The van der Waals surface area contributed by atoms with Crippen LogP contribution < -0.4 is 15.8 Å². The first-order valence-corrected chi connectivity index (χ1v) is 7.10. The summed E-state index contributed by atoms with van der Waals surface area (Å²) >= 11 is 3.15. The van der Waals surface area contributed by atoms with Crippen LogP contribution in [0.1, 0.15) is 12.8 Å². The number of amides is 1. The van der Waals surface area contributed by atoms with Gasteiger partial charge in [-0.3, -0.25) is 4.79 Å². The van der Waals surface area contributed by atoms with Gasteiger partial charge in [0.1, 0.15) is 5.82 Å². The van der Waals surface area contributed by atoms with Crippen molar-refractivity contribution in [2.45, 2.75) is 18.9 Å². The summed E-state index contributed by atoms with van der Waals surface area (Å²) in [5.41, 5.74) is 5.80. The van der Waals surface area contributed by atoms with Gasteiger partial charge >= 0.3 is 0 Å². The third kappa shape index (κ3) is 4.08. The van der Waals surface area contributed by atoms with Gasteiger partial charge < -0.3 is 20.5 Å². The Kier molecular flexibility index (Phi) is 5.19. The average Bonchev–Trinajstić information content (AvgIpc) is 2.38. The van der Waals surface area contributed by atoms with Crippen molar-refractivity contribution in [1.29, 1.82) is 0 Å². The summed E-state index contributed by atoms with van der Waals surface area (Å²) in [5.74, 6) is -0.422. The molecule has 7 heteroatoms. The molecule has 2 rings (SSSR count). The predicted octanol–water partition coefficient (Wildman–Crippen LogP) is 1.84. The van der Waals surface area contributed by atoms with Crippen molar-refractivity contribution in [2.24, 2.45) is 0 Å². The standard InChI is InChI=1S/C13H16BrFN2O3/c14-10-5-8(15)6-11(16)13(10)20-7-12(18)17-9-1-3-19-4-2-9/h5-6,9H,1-4,7,16H2,(H,17,18). The molecule has 0 saturated carbocycles. The molecule has 1 aromatic rings. The molecule has 0 bridgehead atoms. The topological polar surface area (TPSA) is 73.6 Å². The van der Waals surface area contributed by atoms with E-state index < -0.39 is 5.82 Å². The molecule has 0 aromatic heterocycles. The van der Waals surface area contributed by atoms with Gasteiger partial charge in [0, 0.05) is 25.3 Å². The zero-order valence-corrected chi connectivity index (χ0v) is 12.4. The third-order valence-electron chi connectivity index (χ3n) is 2.97. The molecule has 3 N–H and O–H groups in total. The number of nitrogens with two attached hydrogens (primary N) is 1. The maximum atomic E-state index is 13.1. The van der Waals surface area contributed by atoms with Gasteiger partial charge in [-0.05, 0) is 34.8 Å². The summed E-state index contributed by atoms with van der Waals surface area (Å²) in [6.07, 6.45) is 1.60. The van der Waals surface area contributed by atoms with Crippen LogP contribution in [0.2, 0.25) is 0 Å². The fourth-order valence-corrected chi connectivity index (χ4v) is 2.54. The lowest BCUT2D eigenvalue weighted by Crippen LogP contribution is -2.41. The second-order valence-corrected chi connectivity index (χ2v) is 5.40. The molecule has 0 atom stereocenters. The van der Waals surface area contributed by atoms with E-state index in [4.69, 9.17) is 15.2 Å². The molecular formula is C13H16BrFN2O3. The number of ether oxygens (including phenoxy) is 2. The lowest BCUT2D eigenvalue weighted by molar-refractivity contribution is -0.124. The number of nitrogen functional groups attached to an aromatic ring is 1. The summed E-state index contributed by atoms with van der Waals surface area (Å²) in [5, 5.41) is 2.87. The van der Waals surface area contributed by atoms with Crippen molar-refractivity contribution in [1.82, 2.24) is 5.32 Å². The van der Waals surface area contributed by atoms with E-state index in [-0.39, 0.29) is 30.0 Å². The molecule has 110 valence electrons. The molecule has 0 spiro atoms. The van der Waals surface area contributed by atoms with E-state index in [2.05, 4.69) is 21.2 Å². The lowest BCUT2D eigenvalue weighted by Gasteiger charge is -2.23. The van der Waals surface area contributed by atoms with E-state index in [9.17, 15) is 9.18 Å². The van der Waals surface area contributed by atoms with Crippen molar-refractivity contribution < 1.29 is 18.7 Å². The first-order valence-electron chi connectivity index (χ1n) is 6.30. The fraction of sp³-hybridized carbons (Fsp3) is 0.462. The molecule has 5 nitrogen and oxygen atoms in total. The predicted molar refractivity (Wildman–Crippen MR) is 76.0 cm³/mol. The highest BCUT2D eigenvalue weighted by Gasteiger charge is 2.17. The van der Waals surface area contributed by atoms with Crippen LogP contribution in [-0.2, 0) is 9.53 Å². The van der Waals surface area contributed by atoms with E-state index >= 15 is 0 Å². The Hall–Kier alpha value is -1.34. The van der Waals surface area contributed by atoms with Crippen molar-refractivity contribution in [3.63, 3.8) is 0 Å². The van der Waals surface area contributed by atoms with E-state index in [0.717, 1.165) is 18.9 Å².